The van der Waals surface area contributed by atoms with E-state index in [1.807, 2.05) is 48.3 Å². The van der Waals surface area contributed by atoms with Gasteiger partial charge >= 0.3 is 5.97 Å². The van der Waals surface area contributed by atoms with Gasteiger partial charge in [-0.3, -0.25) is 13.9 Å². The summed E-state index contributed by atoms with van der Waals surface area (Å²) in [5.41, 5.74) is 2.65. The van der Waals surface area contributed by atoms with Crippen LogP contribution in [0, 0.1) is 5.41 Å². The van der Waals surface area contributed by atoms with Gasteiger partial charge < -0.3 is 76.9 Å². The summed E-state index contributed by atoms with van der Waals surface area (Å²) in [7, 11) is -5.65. The number of carboxylic acids is 1. The normalized spacial score (nSPS) is 15.5. The lowest BCUT2D eigenvalue weighted by Gasteiger charge is -2.30. The van der Waals surface area contributed by atoms with E-state index in [-0.39, 0.29) is 42.9 Å². The monoisotopic (exact) mass is 1220 g/mol. The lowest BCUT2D eigenvalue weighted by atomic mass is 9.77. The van der Waals surface area contributed by atoms with Crippen molar-refractivity contribution >= 4 is 43.2 Å². The van der Waals surface area contributed by atoms with Crippen LogP contribution in [0.4, 0.5) is 11.4 Å². The van der Waals surface area contributed by atoms with Crippen LogP contribution in [0.1, 0.15) is 70.9 Å². The molecule has 4 N–H and O–H groups in total. The van der Waals surface area contributed by atoms with Gasteiger partial charge in [0, 0.05) is 74.4 Å². The number of benzene rings is 2. The molecule has 0 radical (unpaired) electrons. The summed E-state index contributed by atoms with van der Waals surface area (Å²) in [4.78, 5) is 15.2. The number of ether oxygens (including phenoxy) is 12. The molecule has 0 aliphatic carbocycles. The Hall–Kier alpha value is -4.13. The molecule has 0 spiro atoms. The van der Waals surface area contributed by atoms with E-state index in [0.29, 0.717) is 187 Å². The fourth-order valence-electron chi connectivity index (χ4n) is 8.85. The third-order valence-corrected chi connectivity index (χ3v) is 14.7. The van der Waals surface area contributed by atoms with Crippen LogP contribution in [0.2, 0.25) is 0 Å². The van der Waals surface area contributed by atoms with E-state index in [1.165, 1.54) is 18.2 Å². The molecule has 25 heteroatoms. The number of hydrogen-bond acceptors (Lipinski definition) is 20. The number of fused-ring (bicyclic) bond motifs is 1. The van der Waals surface area contributed by atoms with Gasteiger partial charge in [0.2, 0.25) is 0 Å². The Kier molecular flexibility index (Phi) is 36.2. The molecule has 0 saturated carbocycles. The molecular weight excluding hydrogens is 1120 g/mol. The average Bonchev–Trinajstić information content (AvgIpc) is 3.28. The van der Waals surface area contributed by atoms with Crippen LogP contribution in [0.5, 0.6) is 5.75 Å². The van der Waals surface area contributed by atoms with Gasteiger partial charge in [0.15, 0.2) is 0 Å². The highest BCUT2D eigenvalue weighted by atomic mass is 32.2. The highest BCUT2D eigenvalue weighted by Gasteiger charge is 2.43. The molecule has 1 aliphatic heterocycles. The topological polar surface area (TPSA) is 284 Å². The Labute approximate surface area is 492 Å². The summed E-state index contributed by atoms with van der Waals surface area (Å²) in [6.45, 7) is 19.0. The van der Waals surface area contributed by atoms with Crippen molar-refractivity contribution in [1.29, 1.82) is 0 Å². The number of nitrogens with zero attached hydrogens (tertiary/aromatic N) is 2. The fraction of sp³-hybridized carbons (Fsp3) is 0.672. The zero-order valence-electron chi connectivity index (χ0n) is 49.6. The number of anilines is 2. The van der Waals surface area contributed by atoms with Crippen LogP contribution >= 0.6 is 0 Å². The number of carboxylic acid groups (broad SMARTS) is 1. The Morgan fingerprint density at radius 1 is 0.639 bits per heavy atom. The minimum absolute atomic E-state index is 0.0289. The number of phenols is 1. The molecule has 1 aliphatic rings. The molecular formula is C58H94N2O21S2. The summed E-state index contributed by atoms with van der Waals surface area (Å²) in [6.07, 6.45) is 8.42. The smallest absolute Gasteiger partial charge is 0.303 e. The Bertz CT molecular complexity index is 2410. The van der Waals surface area contributed by atoms with Crippen molar-refractivity contribution in [2.75, 3.05) is 195 Å². The highest BCUT2D eigenvalue weighted by Crippen LogP contribution is 2.51. The first kappa shape index (κ1) is 73.1. The standard InChI is InChI=1S/C58H94N2O21S2/c1-57(2,3)51(12-8-7-9-13-55-58(4,19-10-14-56(62)63)52-47-49(83(67,68)69)16-18-53(52)60(55)20-11-45-82(64,65)66)50-17-15-48(46-54(50)61)59(21-23-72-29-31-76-37-39-80-43-41-78-35-33-74-27-25-70-5)22-24-73-30-32-77-38-40-81-44-42-79-36-34-75-28-26-71-6/h7,9,12-13,15-18,46-47,61H,8,10-11,14,19-45H2,1-6H3,(H,62,63)(H,64,65,66)(H,67,68,69)/b9-7+,51-12+,55-13+. The van der Waals surface area contributed by atoms with E-state index in [1.54, 1.807) is 20.3 Å². The van der Waals surface area contributed by atoms with Gasteiger partial charge in [0.1, 0.15) is 5.75 Å². The van der Waals surface area contributed by atoms with E-state index < -0.39 is 42.8 Å². The van der Waals surface area contributed by atoms with Crippen LogP contribution < -0.4 is 9.80 Å². The van der Waals surface area contributed by atoms with E-state index in [4.69, 9.17) is 56.8 Å². The largest absolute Gasteiger partial charge is 0.507 e. The molecule has 1 atom stereocenters. The average molecular weight is 1220 g/mol. The van der Waals surface area contributed by atoms with Crippen molar-refractivity contribution in [3.05, 3.63) is 77.5 Å². The summed E-state index contributed by atoms with van der Waals surface area (Å²) < 4.78 is 134. The second-order valence-corrected chi connectivity index (χ2v) is 23.4. The van der Waals surface area contributed by atoms with Crippen molar-refractivity contribution in [2.45, 2.75) is 70.1 Å². The molecule has 0 saturated heterocycles. The third-order valence-electron chi connectivity index (χ3n) is 13.0. The number of aromatic hydroxyl groups is 1. The number of carbonyl (C=O) groups is 1. The lowest BCUT2D eigenvalue weighted by Crippen LogP contribution is -2.31. The first-order valence-corrected chi connectivity index (χ1v) is 31.3. The number of allylic oxidation sites excluding steroid dienone is 6. The summed E-state index contributed by atoms with van der Waals surface area (Å²) in [5.74, 6) is -1.44. The summed E-state index contributed by atoms with van der Waals surface area (Å²) >= 11 is 0. The zero-order chi connectivity index (χ0) is 60.8. The van der Waals surface area contributed by atoms with Gasteiger partial charge in [-0.15, -0.1) is 0 Å². The van der Waals surface area contributed by atoms with Crippen LogP contribution in [-0.2, 0) is 87.3 Å². The SMILES string of the molecule is COCCOCCOCCOCCOCCOCCN(CCOCCOCCOCCOCCOCCOC)c1ccc(/C(=C\C/C=C/C=C2/N(CCCS(=O)(=O)O)c3ccc(S(=O)(=O)O)cc3C2(C)CCCC(=O)O)C(C)(C)C)c(O)c1. The van der Waals surface area contributed by atoms with Crippen molar-refractivity contribution in [1.82, 2.24) is 0 Å². The third kappa shape index (κ3) is 30.2. The quantitative estimate of drug-likeness (QED) is 0.0407. The van der Waals surface area contributed by atoms with Crippen LogP contribution in [-0.4, -0.2) is 227 Å². The van der Waals surface area contributed by atoms with E-state index in [0.717, 1.165) is 11.3 Å². The fourth-order valence-corrected chi connectivity index (χ4v) is 9.85. The van der Waals surface area contributed by atoms with Crippen LogP contribution in [0.3, 0.4) is 0 Å². The first-order valence-electron chi connectivity index (χ1n) is 28.2. The first-order chi connectivity index (χ1) is 39.7. The predicted octanol–water partition coefficient (Wildman–Crippen LogP) is 6.47. The lowest BCUT2D eigenvalue weighted by molar-refractivity contribution is -0.137. The van der Waals surface area contributed by atoms with Gasteiger partial charge in [0.05, 0.1) is 156 Å². The van der Waals surface area contributed by atoms with Crippen molar-refractivity contribution in [3.63, 3.8) is 0 Å². The maximum Gasteiger partial charge on any atom is 0.303 e. The van der Waals surface area contributed by atoms with Crippen molar-refractivity contribution < 1.29 is 97.8 Å². The second-order valence-electron chi connectivity index (χ2n) is 20.4. The molecule has 3 rings (SSSR count). The molecule has 0 amide bonds. The van der Waals surface area contributed by atoms with Crippen LogP contribution in [0.25, 0.3) is 5.57 Å². The number of phenolic OH excluding ortho intramolecular Hbond substituents is 1. The summed E-state index contributed by atoms with van der Waals surface area (Å²) in [5, 5.41) is 21.2. The van der Waals surface area contributed by atoms with Gasteiger partial charge in [-0.05, 0) is 85.6 Å². The van der Waals surface area contributed by atoms with Crippen molar-refractivity contribution in [3.8, 4) is 5.75 Å². The minimum atomic E-state index is -4.61. The number of rotatable bonds is 50. The molecule has 0 fully saturated rings. The molecule has 2 aromatic carbocycles. The Morgan fingerprint density at radius 2 is 1.10 bits per heavy atom. The summed E-state index contributed by atoms with van der Waals surface area (Å²) in [6, 6.07) is 9.74. The Balaban J connectivity index is 1.70. The molecule has 2 aromatic rings. The Morgan fingerprint density at radius 3 is 1.51 bits per heavy atom. The number of aliphatic carboxylic acids is 1. The maximum atomic E-state index is 12.3. The van der Waals surface area contributed by atoms with Gasteiger partial charge in [-0.2, -0.15) is 16.8 Å². The van der Waals surface area contributed by atoms with Crippen LogP contribution in [0.15, 0.2) is 71.3 Å². The van der Waals surface area contributed by atoms with E-state index in [2.05, 4.69) is 25.7 Å². The van der Waals surface area contributed by atoms with Gasteiger partial charge in [-0.25, -0.2) is 0 Å². The molecule has 1 unspecified atom stereocenters. The highest BCUT2D eigenvalue weighted by molar-refractivity contribution is 7.86. The molecule has 83 heavy (non-hydrogen) atoms. The number of hydrogen-bond donors (Lipinski definition) is 4. The zero-order valence-corrected chi connectivity index (χ0v) is 51.3. The minimum Gasteiger partial charge on any atom is -0.507 e. The molecule has 1 heterocycles. The predicted molar refractivity (Wildman–Crippen MR) is 315 cm³/mol. The van der Waals surface area contributed by atoms with Crippen molar-refractivity contribution in [2.24, 2.45) is 5.41 Å². The second kappa shape index (κ2) is 41.1. The molecule has 0 bridgehead atoms. The maximum absolute atomic E-state index is 12.3. The molecule has 23 nitrogen and oxygen atoms in total. The van der Waals surface area contributed by atoms with Gasteiger partial charge in [0.25, 0.3) is 20.2 Å². The van der Waals surface area contributed by atoms with Gasteiger partial charge in [-0.1, -0.05) is 39.0 Å². The molecule has 474 valence electrons. The molecule has 0 aromatic heterocycles. The number of methoxy groups -OCH3 is 2. The van der Waals surface area contributed by atoms with E-state index in [9.17, 15) is 40.9 Å². The van der Waals surface area contributed by atoms with E-state index >= 15 is 0 Å².